The Morgan fingerprint density at radius 1 is 1.29 bits per heavy atom. The predicted molar refractivity (Wildman–Crippen MR) is 101 cm³/mol. The van der Waals surface area contributed by atoms with E-state index < -0.39 is 22.2 Å². The molecular formula is C18H24N4O5S. The molecule has 2 heterocycles. The Labute approximate surface area is 164 Å². The number of carbonyl (C=O) groups is 3. The third-order valence-electron chi connectivity index (χ3n) is 5.16. The van der Waals surface area contributed by atoms with Crippen LogP contribution in [0.1, 0.15) is 48.2 Å². The van der Waals surface area contributed by atoms with Gasteiger partial charge in [0.2, 0.25) is 11.8 Å². The summed E-state index contributed by atoms with van der Waals surface area (Å²) in [5.41, 5.74) is 1.89. The van der Waals surface area contributed by atoms with Gasteiger partial charge in [-0.3, -0.25) is 19.7 Å². The summed E-state index contributed by atoms with van der Waals surface area (Å²) in [5.74, 6) is -1.07. The van der Waals surface area contributed by atoms with Crippen LogP contribution in [0.5, 0.6) is 0 Å². The Balaban J connectivity index is 1.72. The zero-order valence-electron chi connectivity index (χ0n) is 16.1. The second kappa shape index (κ2) is 7.61. The highest BCUT2D eigenvalue weighted by Gasteiger charge is 2.39. The van der Waals surface area contributed by atoms with Crippen LogP contribution in [0.25, 0.3) is 0 Å². The third kappa shape index (κ3) is 3.94. The minimum Gasteiger partial charge on any atom is -0.322 e. The molecule has 28 heavy (non-hydrogen) atoms. The predicted octanol–water partition coefficient (Wildman–Crippen LogP) is 0.122. The fourth-order valence-electron chi connectivity index (χ4n) is 3.27. The van der Waals surface area contributed by atoms with E-state index >= 15 is 0 Å². The average Bonchev–Trinajstić information content (AvgIpc) is 2.95. The fraction of sp³-hybridized carbons (Fsp3) is 0.500. The summed E-state index contributed by atoms with van der Waals surface area (Å²) >= 11 is 0. The lowest BCUT2D eigenvalue weighted by atomic mass is 10.0. The molecule has 2 N–H and O–H groups in total. The molecule has 9 nitrogen and oxygen atoms in total. The molecule has 1 fully saturated rings. The molecule has 0 saturated carbocycles. The van der Waals surface area contributed by atoms with Crippen molar-refractivity contribution >= 4 is 27.9 Å². The second-order valence-electron chi connectivity index (χ2n) is 7.33. The maximum absolute atomic E-state index is 12.8. The van der Waals surface area contributed by atoms with Crippen molar-refractivity contribution in [2.75, 3.05) is 7.05 Å². The van der Waals surface area contributed by atoms with E-state index in [1.165, 1.54) is 16.3 Å². The fourth-order valence-corrected chi connectivity index (χ4v) is 4.37. The van der Waals surface area contributed by atoms with Crippen LogP contribution in [-0.2, 0) is 32.9 Å². The molecule has 10 heteroatoms. The maximum Gasteiger partial charge on any atom is 0.279 e. The van der Waals surface area contributed by atoms with Gasteiger partial charge in [-0.2, -0.15) is 17.4 Å². The molecule has 152 valence electrons. The molecule has 1 aromatic rings. The molecule has 0 radical (unpaired) electrons. The summed E-state index contributed by atoms with van der Waals surface area (Å²) in [6.07, 6.45) is 0.505. The van der Waals surface area contributed by atoms with Crippen molar-refractivity contribution in [1.82, 2.24) is 19.2 Å². The van der Waals surface area contributed by atoms with Crippen LogP contribution in [0.3, 0.4) is 0 Å². The number of nitrogens with zero attached hydrogens (tertiary/aromatic N) is 2. The highest BCUT2D eigenvalue weighted by molar-refractivity contribution is 7.87. The van der Waals surface area contributed by atoms with E-state index in [-0.39, 0.29) is 30.8 Å². The summed E-state index contributed by atoms with van der Waals surface area (Å²) in [6, 6.07) is 4.34. The highest BCUT2D eigenvalue weighted by Crippen LogP contribution is 2.28. The zero-order chi connectivity index (χ0) is 20.6. The molecular weight excluding hydrogens is 384 g/mol. The van der Waals surface area contributed by atoms with Gasteiger partial charge < -0.3 is 4.90 Å². The Kier molecular flexibility index (Phi) is 5.55. The van der Waals surface area contributed by atoms with Crippen molar-refractivity contribution < 1.29 is 22.8 Å². The van der Waals surface area contributed by atoms with Crippen LogP contribution in [0.2, 0.25) is 0 Å². The van der Waals surface area contributed by atoms with Crippen LogP contribution in [0, 0.1) is 0 Å². The van der Waals surface area contributed by atoms with Gasteiger partial charge in [0.05, 0.1) is 0 Å². The first-order valence-electron chi connectivity index (χ1n) is 9.09. The number of hydrogen-bond acceptors (Lipinski definition) is 5. The van der Waals surface area contributed by atoms with Gasteiger partial charge in [0, 0.05) is 38.2 Å². The lowest BCUT2D eigenvalue weighted by Gasteiger charge is -2.29. The Bertz CT molecular complexity index is 928. The normalized spacial score (nSPS) is 20.1. The van der Waals surface area contributed by atoms with Crippen molar-refractivity contribution in [2.45, 2.75) is 51.9 Å². The van der Waals surface area contributed by atoms with E-state index in [0.717, 1.165) is 5.56 Å². The van der Waals surface area contributed by atoms with E-state index in [9.17, 15) is 22.8 Å². The molecule has 3 rings (SSSR count). The Morgan fingerprint density at radius 2 is 2.00 bits per heavy atom. The number of piperidine rings is 1. The summed E-state index contributed by atoms with van der Waals surface area (Å²) in [4.78, 5) is 37.7. The first-order chi connectivity index (χ1) is 13.1. The monoisotopic (exact) mass is 408 g/mol. The lowest BCUT2D eigenvalue weighted by Crippen LogP contribution is -2.52. The second-order valence-corrected chi connectivity index (χ2v) is 9.14. The van der Waals surface area contributed by atoms with Crippen LogP contribution in [0.4, 0.5) is 0 Å². The number of hydrogen-bond donors (Lipinski definition) is 2. The molecule has 0 aromatic heterocycles. The smallest absolute Gasteiger partial charge is 0.279 e. The topological polar surface area (TPSA) is 116 Å². The van der Waals surface area contributed by atoms with E-state index in [1.54, 1.807) is 32.0 Å². The van der Waals surface area contributed by atoms with Gasteiger partial charge in [-0.1, -0.05) is 12.1 Å². The van der Waals surface area contributed by atoms with Crippen molar-refractivity contribution in [3.05, 3.63) is 34.9 Å². The molecule has 2 aliphatic rings. The number of fused-ring (bicyclic) bond motifs is 1. The first kappa shape index (κ1) is 20.4. The van der Waals surface area contributed by atoms with Gasteiger partial charge in [0.15, 0.2) is 0 Å². The van der Waals surface area contributed by atoms with Gasteiger partial charge in [0.1, 0.15) is 6.04 Å². The van der Waals surface area contributed by atoms with Gasteiger partial charge in [-0.15, -0.1) is 0 Å². The summed E-state index contributed by atoms with van der Waals surface area (Å²) in [5, 5.41) is 2.27. The molecule has 0 bridgehead atoms. The summed E-state index contributed by atoms with van der Waals surface area (Å²) < 4.78 is 28.2. The number of amides is 3. The number of rotatable bonds is 6. The van der Waals surface area contributed by atoms with Crippen molar-refractivity contribution in [2.24, 2.45) is 0 Å². The minimum atomic E-state index is -3.62. The number of nitrogens with one attached hydrogen (secondary N) is 2. The van der Waals surface area contributed by atoms with Gasteiger partial charge in [0.25, 0.3) is 16.1 Å². The van der Waals surface area contributed by atoms with Crippen LogP contribution in [-0.4, -0.2) is 54.5 Å². The quantitative estimate of drug-likeness (QED) is 0.649. The van der Waals surface area contributed by atoms with Crippen molar-refractivity contribution in [1.29, 1.82) is 0 Å². The zero-order valence-corrected chi connectivity index (χ0v) is 16.9. The van der Waals surface area contributed by atoms with E-state index in [2.05, 4.69) is 10.0 Å². The van der Waals surface area contributed by atoms with Crippen LogP contribution in [0.15, 0.2) is 18.2 Å². The SMILES string of the molecule is CC(C)N(C)S(=O)(=O)NCc1ccc2c(c1)C(=O)N(C1CCC(=O)NC1=O)C2. The molecule has 0 spiro atoms. The van der Waals surface area contributed by atoms with Crippen LogP contribution < -0.4 is 10.0 Å². The molecule has 1 unspecified atom stereocenters. The number of imide groups is 1. The van der Waals surface area contributed by atoms with Crippen molar-refractivity contribution in [3.63, 3.8) is 0 Å². The average molecular weight is 408 g/mol. The Hall–Kier alpha value is -2.30. The van der Waals surface area contributed by atoms with Gasteiger partial charge in [-0.25, -0.2) is 0 Å². The molecule has 3 amide bonds. The van der Waals surface area contributed by atoms with Gasteiger partial charge in [-0.05, 0) is 37.5 Å². The third-order valence-corrected chi connectivity index (χ3v) is 6.85. The van der Waals surface area contributed by atoms with Crippen LogP contribution >= 0.6 is 0 Å². The van der Waals surface area contributed by atoms with Crippen molar-refractivity contribution in [3.8, 4) is 0 Å². The molecule has 1 atom stereocenters. The first-order valence-corrected chi connectivity index (χ1v) is 10.5. The molecule has 1 saturated heterocycles. The summed E-state index contributed by atoms with van der Waals surface area (Å²) in [6.45, 7) is 3.90. The minimum absolute atomic E-state index is 0.0539. The Morgan fingerprint density at radius 3 is 2.64 bits per heavy atom. The molecule has 2 aliphatic heterocycles. The molecule has 1 aromatic carbocycles. The molecule has 0 aliphatic carbocycles. The summed E-state index contributed by atoms with van der Waals surface area (Å²) in [7, 11) is -2.13. The maximum atomic E-state index is 12.8. The number of benzene rings is 1. The van der Waals surface area contributed by atoms with Gasteiger partial charge >= 0.3 is 0 Å². The largest absolute Gasteiger partial charge is 0.322 e. The lowest BCUT2D eigenvalue weighted by molar-refractivity contribution is -0.136. The van der Waals surface area contributed by atoms with E-state index in [4.69, 9.17) is 0 Å². The van der Waals surface area contributed by atoms with E-state index in [0.29, 0.717) is 24.1 Å². The van der Waals surface area contributed by atoms with E-state index in [1.807, 2.05) is 0 Å². The standard InChI is InChI=1S/C18H24N4O5S/c1-11(2)21(3)28(26,27)19-9-12-4-5-13-10-22(18(25)14(13)8-12)15-6-7-16(23)20-17(15)24/h4-5,8,11,15,19H,6-7,9-10H2,1-3H3,(H,20,23,24). The number of carbonyl (C=O) groups excluding carboxylic acids is 3. The highest BCUT2D eigenvalue weighted by atomic mass is 32.2.